The lowest BCUT2D eigenvalue weighted by molar-refractivity contribution is -0.118. The van der Waals surface area contributed by atoms with Gasteiger partial charge in [-0.3, -0.25) is 4.79 Å². The number of hydrogen-bond donors (Lipinski definition) is 1. The summed E-state index contributed by atoms with van der Waals surface area (Å²) in [5.41, 5.74) is 1.82. The number of thioether (sulfide) groups is 1. The zero-order chi connectivity index (χ0) is 20.2. The van der Waals surface area contributed by atoms with Crippen molar-refractivity contribution < 1.29 is 19.1 Å². The molecule has 0 fully saturated rings. The number of Topliss-reactive ketones (excluding diaryl/α,β-unsaturated/α-hetero) is 1. The van der Waals surface area contributed by atoms with Crippen LogP contribution >= 0.6 is 24.0 Å². The highest BCUT2D eigenvalue weighted by atomic mass is 32.2. The Morgan fingerprint density at radius 3 is 2.21 bits per heavy atom. The van der Waals surface area contributed by atoms with Crippen molar-refractivity contribution in [2.75, 3.05) is 12.4 Å². The molecule has 2 aromatic carbocycles. The maximum absolute atomic E-state index is 12.7. The minimum atomic E-state index is -0.706. The lowest BCUT2D eigenvalue weighted by Crippen LogP contribution is -2.43. The number of benzene rings is 2. The topological polar surface area (TPSA) is 64.6 Å². The third-order valence-electron chi connectivity index (χ3n) is 3.77. The first-order valence-corrected chi connectivity index (χ1v) is 10.3. The van der Waals surface area contributed by atoms with Crippen LogP contribution in [0.15, 0.2) is 60.7 Å². The van der Waals surface area contributed by atoms with Gasteiger partial charge in [0.25, 0.3) is 0 Å². The monoisotopic (exact) mass is 417 g/mol. The van der Waals surface area contributed by atoms with Gasteiger partial charge < -0.3 is 14.8 Å². The molecule has 1 amide bonds. The van der Waals surface area contributed by atoms with Crippen LogP contribution in [0.1, 0.15) is 18.1 Å². The molecule has 0 aliphatic rings. The molecular formula is C21H23NO4S2. The SMILES string of the molecule is CCOC(=S)SCC(=O)[C@H](Cc1ccccc1)NC(=O)OCc1ccccc1. The Hall–Kier alpha value is -2.38. The van der Waals surface area contributed by atoms with Gasteiger partial charge in [0.15, 0.2) is 5.78 Å². The van der Waals surface area contributed by atoms with Gasteiger partial charge in [-0.15, -0.1) is 0 Å². The lowest BCUT2D eigenvalue weighted by atomic mass is 10.0. The highest BCUT2D eigenvalue weighted by Crippen LogP contribution is 2.11. The Morgan fingerprint density at radius 1 is 1.00 bits per heavy atom. The molecule has 0 aromatic heterocycles. The molecule has 2 aromatic rings. The Kier molecular flexibility index (Phi) is 9.51. The molecule has 2 rings (SSSR count). The zero-order valence-electron chi connectivity index (χ0n) is 15.6. The largest absolute Gasteiger partial charge is 0.479 e. The van der Waals surface area contributed by atoms with E-state index < -0.39 is 12.1 Å². The summed E-state index contributed by atoms with van der Waals surface area (Å²) in [4.78, 5) is 24.9. The van der Waals surface area contributed by atoms with Crippen molar-refractivity contribution in [1.82, 2.24) is 5.32 Å². The molecule has 0 aliphatic carbocycles. The summed E-state index contributed by atoms with van der Waals surface area (Å²) >= 11 is 6.20. The molecule has 1 N–H and O–H groups in total. The van der Waals surface area contributed by atoms with Crippen LogP contribution in [-0.4, -0.2) is 34.7 Å². The number of alkyl carbamates (subject to hydrolysis) is 1. The van der Waals surface area contributed by atoms with E-state index in [-0.39, 0.29) is 18.1 Å². The van der Waals surface area contributed by atoms with Crippen molar-refractivity contribution in [3.8, 4) is 0 Å². The van der Waals surface area contributed by atoms with Gasteiger partial charge in [-0.25, -0.2) is 4.79 Å². The quantitative estimate of drug-likeness (QED) is 0.619. The van der Waals surface area contributed by atoms with Crippen LogP contribution in [-0.2, 0) is 27.3 Å². The van der Waals surface area contributed by atoms with Gasteiger partial charge in [-0.1, -0.05) is 72.4 Å². The molecule has 1 atom stereocenters. The number of carbonyl (C=O) groups excluding carboxylic acids is 2. The standard InChI is InChI=1S/C21H23NO4S2/c1-2-25-21(27)28-15-19(23)18(13-16-9-5-3-6-10-16)22-20(24)26-14-17-11-7-4-8-12-17/h3-12,18H,2,13-15H2,1H3,(H,22,24)/t18-/m0/s1. The minimum absolute atomic E-state index is 0.120. The van der Waals surface area contributed by atoms with E-state index >= 15 is 0 Å². The van der Waals surface area contributed by atoms with E-state index in [9.17, 15) is 9.59 Å². The maximum atomic E-state index is 12.7. The number of ketones is 1. The minimum Gasteiger partial charge on any atom is -0.479 e. The van der Waals surface area contributed by atoms with Gasteiger partial charge in [0.1, 0.15) is 6.61 Å². The summed E-state index contributed by atoms with van der Waals surface area (Å²) < 4.78 is 10.8. The number of amides is 1. The molecule has 0 radical (unpaired) electrons. The van der Waals surface area contributed by atoms with Crippen molar-refractivity contribution in [1.29, 1.82) is 0 Å². The van der Waals surface area contributed by atoms with E-state index in [1.54, 1.807) is 0 Å². The second-order valence-corrected chi connectivity index (χ2v) is 7.46. The molecule has 0 saturated carbocycles. The number of carbonyl (C=O) groups is 2. The van der Waals surface area contributed by atoms with E-state index in [0.717, 1.165) is 22.9 Å². The van der Waals surface area contributed by atoms with Crippen LogP contribution in [0.4, 0.5) is 4.79 Å². The average molecular weight is 418 g/mol. The normalized spacial score (nSPS) is 11.3. The highest BCUT2D eigenvalue weighted by molar-refractivity contribution is 8.23. The van der Waals surface area contributed by atoms with Crippen LogP contribution in [0.2, 0.25) is 0 Å². The second kappa shape index (κ2) is 12.2. The third kappa shape index (κ3) is 8.10. The Labute approximate surface area is 174 Å². The predicted octanol–water partition coefficient (Wildman–Crippen LogP) is 4.15. The van der Waals surface area contributed by atoms with Crippen LogP contribution in [0.3, 0.4) is 0 Å². The Bertz CT molecular complexity index is 768. The maximum Gasteiger partial charge on any atom is 0.408 e. The summed E-state index contributed by atoms with van der Waals surface area (Å²) in [5.74, 6) is -0.0254. The van der Waals surface area contributed by atoms with E-state index in [1.165, 1.54) is 0 Å². The number of ether oxygens (including phenoxy) is 2. The molecule has 5 nitrogen and oxygen atoms in total. The number of rotatable bonds is 9. The van der Waals surface area contributed by atoms with E-state index in [2.05, 4.69) is 5.32 Å². The molecular weight excluding hydrogens is 394 g/mol. The van der Waals surface area contributed by atoms with Crippen molar-refractivity contribution in [2.24, 2.45) is 0 Å². The van der Waals surface area contributed by atoms with Crippen molar-refractivity contribution in [3.63, 3.8) is 0 Å². The first-order valence-electron chi connectivity index (χ1n) is 8.92. The fourth-order valence-corrected chi connectivity index (χ4v) is 3.35. The molecule has 0 spiro atoms. The van der Waals surface area contributed by atoms with Gasteiger partial charge >= 0.3 is 6.09 Å². The molecule has 0 bridgehead atoms. The Balaban J connectivity index is 1.95. The lowest BCUT2D eigenvalue weighted by Gasteiger charge is -2.18. The first kappa shape index (κ1) is 21.9. The van der Waals surface area contributed by atoms with Crippen molar-refractivity contribution in [3.05, 3.63) is 71.8 Å². The summed E-state index contributed by atoms with van der Waals surface area (Å²) in [7, 11) is 0. The smallest absolute Gasteiger partial charge is 0.408 e. The average Bonchev–Trinajstić information content (AvgIpc) is 2.72. The van der Waals surface area contributed by atoms with Crippen LogP contribution < -0.4 is 5.32 Å². The number of thiocarbonyl (C=S) groups is 1. The van der Waals surface area contributed by atoms with Crippen LogP contribution in [0.5, 0.6) is 0 Å². The molecule has 0 aliphatic heterocycles. The zero-order valence-corrected chi connectivity index (χ0v) is 17.3. The van der Waals surface area contributed by atoms with Crippen molar-refractivity contribution in [2.45, 2.75) is 26.0 Å². The van der Waals surface area contributed by atoms with E-state index in [0.29, 0.717) is 17.4 Å². The molecule has 0 unspecified atom stereocenters. The van der Waals surface area contributed by atoms with Crippen LogP contribution in [0.25, 0.3) is 0 Å². The van der Waals surface area contributed by atoms with Gasteiger partial charge in [0.2, 0.25) is 4.38 Å². The van der Waals surface area contributed by atoms with Crippen LogP contribution in [0, 0.1) is 0 Å². The van der Waals surface area contributed by atoms with Gasteiger partial charge in [-0.2, -0.15) is 0 Å². The summed E-state index contributed by atoms with van der Waals surface area (Å²) in [6, 6.07) is 18.2. The Morgan fingerprint density at radius 2 is 1.61 bits per heavy atom. The summed E-state index contributed by atoms with van der Waals surface area (Å²) in [6.07, 6.45) is -0.252. The summed E-state index contributed by atoms with van der Waals surface area (Å²) in [6.45, 7) is 2.43. The third-order valence-corrected chi connectivity index (χ3v) is 5.02. The molecule has 7 heteroatoms. The number of hydrogen-bond acceptors (Lipinski definition) is 6. The van der Waals surface area contributed by atoms with Gasteiger partial charge in [0.05, 0.1) is 18.4 Å². The molecule has 28 heavy (non-hydrogen) atoms. The van der Waals surface area contributed by atoms with E-state index in [1.807, 2.05) is 67.6 Å². The van der Waals surface area contributed by atoms with Crippen molar-refractivity contribution >= 4 is 40.2 Å². The second-order valence-electron chi connectivity index (χ2n) is 5.89. The van der Waals surface area contributed by atoms with E-state index in [4.69, 9.17) is 21.7 Å². The predicted molar refractivity (Wildman–Crippen MR) is 115 cm³/mol. The highest BCUT2D eigenvalue weighted by Gasteiger charge is 2.22. The van der Waals surface area contributed by atoms with Gasteiger partial charge in [-0.05, 0) is 36.7 Å². The number of nitrogens with one attached hydrogen (secondary N) is 1. The summed E-state index contributed by atoms with van der Waals surface area (Å²) in [5, 5.41) is 2.68. The molecule has 0 heterocycles. The van der Waals surface area contributed by atoms with Gasteiger partial charge in [0, 0.05) is 0 Å². The first-order chi connectivity index (χ1) is 13.6. The molecule has 0 saturated heterocycles. The fourth-order valence-electron chi connectivity index (χ4n) is 2.39. The molecule has 148 valence electrons. The fraction of sp³-hybridized carbons (Fsp3) is 0.286.